The van der Waals surface area contributed by atoms with E-state index in [0.717, 1.165) is 22.3 Å². The third kappa shape index (κ3) is 2.63. The Kier molecular flexibility index (Phi) is 3.97. The Morgan fingerprint density at radius 2 is 1.46 bits per heavy atom. The summed E-state index contributed by atoms with van der Waals surface area (Å²) in [4.78, 5) is 28.9. The highest BCUT2D eigenvalue weighted by Gasteiger charge is 2.38. The van der Waals surface area contributed by atoms with Crippen LogP contribution < -0.4 is 11.1 Å². The Hall–Kier alpha value is -3.47. The van der Waals surface area contributed by atoms with Crippen LogP contribution in [-0.2, 0) is 4.79 Å². The molecule has 1 heterocycles. The number of hydrogen-bond donors (Lipinski definition) is 2. The van der Waals surface area contributed by atoms with Crippen molar-refractivity contribution in [2.45, 2.75) is 12.0 Å². The van der Waals surface area contributed by atoms with E-state index in [-0.39, 0.29) is 11.6 Å². The van der Waals surface area contributed by atoms with Gasteiger partial charge < -0.3 is 11.1 Å². The molecule has 26 heavy (non-hydrogen) atoms. The molecule has 1 aliphatic carbocycles. The smallest absolute Gasteiger partial charge is 0.270 e. The molecule has 0 saturated carbocycles. The molecule has 2 aromatic carbocycles. The molecule has 4 rings (SSSR count). The number of hydrogen-bond acceptors (Lipinski definition) is 3. The van der Waals surface area contributed by atoms with Crippen molar-refractivity contribution < 1.29 is 9.59 Å². The molecular formula is C21H17N3O2. The zero-order valence-corrected chi connectivity index (χ0v) is 13.9. The minimum absolute atomic E-state index is 0.248. The van der Waals surface area contributed by atoms with Gasteiger partial charge in [0.1, 0.15) is 11.7 Å². The van der Waals surface area contributed by atoms with E-state index in [4.69, 9.17) is 5.73 Å². The average molecular weight is 343 g/mol. The number of benzene rings is 2. The fraction of sp³-hybridized carbons (Fsp3) is 0.0952. The number of carbonyl (C=O) groups is 2. The minimum Gasteiger partial charge on any atom is -0.368 e. The maximum absolute atomic E-state index is 12.6. The third-order valence-corrected chi connectivity index (χ3v) is 4.71. The van der Waals surface area contributed by atoms with Crippen molar-refractivity contribution >= 4 is 11.8 Å². The molecular weight excluding hydrogens is 326 g/mol. The van der Waals surface area contributed by atoms with Crippen LogP contribution in [0, 0.1) is 0 Å². The van der Waals surface area contributed by atoms with E-state index in [0.29, 0.717) is 0 Å². The number of nitrogens with two attached hydrogens (primary N) is 1. The zero-order chi connectivity index (χ0) is 18.1. The van der Waals surface area contributed by atoms with E-state index in [1.54, 1.807) is 18.2 Å². The standard InChI is InChI=1S/C21H17N3O2/c22-20(25)19(24-21(26)17-11-5-6-12-23-17)18-15-9-3-1-7-13(15)14-8-2-4-10-16(14)18/h1-12,18-19H,(H2,22,25)(H,24,26)/t19-/m0/s1. The normalized spacial score (nSPS) is 13.5. The second-order valence-electron chi connectivity index (χ2n) is 6.22. The number of pyridine rings is 1. The Labute approximate surface area is 150 Å². The number of fused-ring (bicyclic) bond motifs is 3. The van der Waals surface area contributed by atoms with E-state index < -0.39 is 17.9 Å². The summed E-state index contributed by atoms with van der Waals surface area (Å²) in [5, 5.41) is 2.78. The molecule has 0 saturated heterocycles. The maximum atomic E-state index is 12.6. The lowest BCUT2D eigenvalue weighted by atomic mass is 9.88. The molecule has 0 radical (unpaired) electrons. The van der Waals surface area contributed by atoms with E-state index in [1.165, 1.54) is 6.20 Å². The molecule has 0 aliphatic heterocycles. The Bertz CT molecular complexity index is 940. The number of rotatable bonds is 4. The first kappa shape index (κ1) is 16.0. The summed E-state index contributed by atoms with van der Waals surface area (Å²) in [6, 6.07) is 20.0. The summed E-state index contributed by atoms with van der Waals surface area (Å²) < 4.78 is 0. The van der Waals surface area contributed by atoms with Crippen molar-refractivity contribution in [3.8, 4) is 11.1 Å². The van der Waals surface area contributed by atoms with Gasteiger partial charge in [0, 0.05) is 12.1 Å². The monoisotopic (exact) mass is 343 g/mol. The summed E-state index contributed by atoms with van der Waals surface area (Å²) in [7, 11) is 0. The van der Waals surface area contributed by atoms with Crippen LogP contribution in [0.4, 0.5) is 0 Å². The van der Waals surface area contributed by atoms with Gasteiger partial charge in [0.25, 0.3) is 5.91 Å². The Morgan fingerprint density at radius 1 is 0.885 bits per heavy atom. The van der Waals surface area contributed by atoms with Gasteiger partial charge in [0.15, 0.2) is 0 Å². The summed E-state index contributed by atoms with van der Waals surface area (Å²) in [5.41, 5.74) is 10.0. The van der Waals surface area contributed by atoms with Gasteiger partial charge in [0.2, 0.25) is 5.91 Å². The number of amides is 2. The topological polar surface area (TPSA) is 85.1 Å². The summed E-state index contributed by atoms with van der Waals surface area (Å²) >= 11 is 0. The van der Waals surface area contributed by atoms with Crippen molar-refractivity contribution in [1.29, 1.82) is 0 Å². The number of aromatic nitrogens is 1. The maximum Gasteiger partial charge on any atom is 0.270 e. The molecule has 2 amide bonds. The molecule has 0 unspecified atom stereocenters. The second kappa shape index (κ2) is 6.44. The van der Waals surface area contributed by atoms with Crippen LogP contribution in [0.3, 0.4) is 0 Å². The Balaban J connectivity index is 1.76. The van der Waals surface area contributed by atoms with Crippen LogP contribution in [0.15, 0.2) is 72.9 Å². The van der Waals surface area contributed by atoms with Crippen LogP contribution in [-0.4, -0.2) is 22.8 Å². The second-order valence-corrected chi connectivity index (χ2v) is 6.22. The van der Waals surface area contributed by atoms with Gasteiger partial charge in [-0.2, -0.15) is 0 Å². The highest BCUT2D eigenvalue weighted by atomic mass is 16.2. The van der Waals surface area contributed by atoms with E-state index in [1.807, 2.05) is 48.5 Å². The lowest BCUT2D eigenvalue weighted by Gasteiger charge is -2.24. The molecule has 3 N–H and O–H groups in total. The molecule has 3 aromatic rings. The molecule has 1 aromatic heterocycles. The highest BCUT2D eigenvalue weighted by molar-refractivity contribution is 5.97. The van der Waals surface area contributed by atoms with Crippen LogP contribution in [0.1, 0.15) is 27.5 Å². The predicted octanol–water partition coefficient (Wildman–Crippen LogP) is 2.48. The Morgan fingerprint density at radius 3 is 2.00 bits per heavy atom. The first-order valence-electron chi connectivity index (χ1n) is 8.36. The quantitative estimate of drug-likeness (QED) is 0.763. The molecule has 0 spiro atoms. The summed E-state index contributed by atoms with van der Waals surface area (Å²) in [6.45, 7) is 0. The van der Waals surface area contributed by atoms with Gasteiger partial charge in [-0.25, -0.2) is 0 Å². The zero-order valence-electron chi connectivity index (χ0n) is 13.9. The van der Waals surface area contributed by atoms with Gasteiger partial charge in [-0.1, -0.05) is 54.6 Å². The van der Waals surface area contributed by atoms with Gasteiger partial charge >= 0.3 is 0 Å². The molecule has 128 valence electrons. The lowest BCUT2D eigenvalue weighted by Crippen LogP contribution is -2.48. The first-order chi connectivity index (χ1) is 12.7. The van der Waals surface area contributed by atoms with E-state index in [9.17, 15) is 9.59 Å². The van der Waals surface area contributed by atoms with Crippen molar-refractivity contribution in [3.63, 3.8) is 0 Å². The van der Waals surface area contributed by atoms with Crippen molar-refractivity contribution in [2.24, 2.45) is 5.73 Å². The van der Waals surface area contributed by atoms with Gasteiger partial charge in [-0.15, -0.1) is 0 Å². The van der Waals surface area contributed by atoms with Gasteiger partial charge in [-0.05, 0) is 34.4 Å². The molecule has 0 bridgehead atoms. The van der Waals surface area contributed by atoms with Crippen molar-refractivity contribution in [3.05, 3.63) is 89.7 Å². The first-order valence-corrected chi connectivity index (χ1v) is 8.36. The van der Waals surface area contributed by atoms with Crippen LogP contribution in [0.25, 0.3) is 11.1 Å². The highest BCUT2D eigenvalue weighted by Crippen LogP contribution is 2.46. The number of nitrogens with zero attached hydrogens (tertiary/aromatic N) is 1. The molecule has 1 aliphatic rings. The SMILES string of the molecule is NC(=O)[C@@H](NC(=O)c1ccccn1)C1c2ccccc2-c2ccccc21. The largest absolute Gasteiger partial charge is 0.368 e. The minimum atomic E-state index is -0.866. The van der Waals surface area contributed by atoms with E-state index in [2.05, 4.69) is 10.3 Å². The van der Waals surface area contributed by atoms with Crippen LogP contribution >= 0.6 is 0 Å². The van der Waals surface area contributed by atoms with Crippen LogP contribution in [0.2, 0.25) is 0 Å². The number of nitrogens with one attached hydrogen (secondary N) is 1. The molecule has 1 atom stereocenters. The fourth-order valence-electron chi connectivity index (χ4n) is 3.58. The van der Waals surface area contributed by atoms with Crippen molar-refractivity contribution in [2.75, 3.05) is 0 Å². The van der Waals surface area contributed by atoms with Crippen molar-refractivity contribution in [1.82, 2.24) is 10.3 Å². The average Bonchev–Trinajstić information content (AvgIpc) is 3.01. The van der Waals surface area contributed by atoms with Crippen LogP contribution in [0.5, 0.6) is 0 Å². The van der Waals surface area contributed by atoms with Gasteiger partial charge in [0.05, 0.1) is 0 Å². The summed E-state index contributed by atoms with van der Waals surface area (Å²) in [5.74, 6) is -1.32. The number of carbonyl (C=O) groups excluding carboxylic acids is 2. The van der Waals surface area contributed by atoms with E-state index >= 15 is 0 Å². The fourth-order valence-corrected chi connectivity index (χ4v) is 3.58. The van der Waals surface area contributed by atoms with Gasteiger partial charge in [-0.3, -0.25) is 14.6 Å². The number of primary amides is 1. The molecule has 0 fully saturated rings. The summed E-state index contributed by atoms with van der Waals surface area (Å²) in [6.07, 6.45) is 1.54. The molecule has 5 nitrogen and oxygen atoms in total. The third-order valence-electron chi connectivity index (χ3n) is 4.71. The predicted molar refractivity (Wildman–Crippen MR) is 98.4 cm³/mol. The molecule has 5 heteroatoms. The lowest BCUT2D eigenvalue weighted by molar-refractivity contribution is -0.120.